The Morgan fingerprint density at radius 3 is 2.27 bits per heavy atom. The predicted molar refractivity (Wildman–Crippen MR) is 52.9 cm³/mol. The van der Waals surface area contributed by atoms with Gasteiger partial charge in [-0.15, -0.1) is 0 Å². The van der Waals surface area contributed by atoms with Gasteiger partial charge in [0, 0.05) is 6.54 Å². The molecular weight excluding hydrogens is 203 g/mol. The van der Waals surface area contributed by atoms with Crippen LogP contribution in [0.3, 0.4) is 0 Å². The molecule has 4 heteroatoms. The Morgan fingerprint density at radius 2 is 1.73 bits per heavy atom. The van der Waals surface area contributed by atoms with Gasteiger partial charge in [-0.1, -0.05) is 13.3 Å². The van der Waals surface area contributed by atoms with Gasteiger partial charge in [-0.05, 0) is 30.7 Å². The molecule has 0 saturated heterocycles. The number of rotatable bonds is 5. The van der Waals surface area contributed by atoms with Crippen molar-refractivity contribution in [2.45, 2.75) is 26.3 Å². The zero-order chi connectivity index (χ0) is 11.3. The van der Waals surface area contributed by atoms with Gasteiger partial charge in [-0.25, -0.2) is 13.2 Å². The first-order valence-corrected chi connectivity index (χ1v) is 4.99. The zero-order valence-corrected chi connectivity index (χ0v) is 8.62. The van der Waals surface area contributed by atoms with Crippen LogP contribution in [0.1, 0.15) is 25.3 Å². The number of halogens is 3. The lowest BCUT2D eigenvalue weighted by Crippen LogP contribution is -2.15. The van der Waals surface area contributed by atoms with Crippen LogP contribution in [0.2, 0.25) is 0 Å². The van der Waals surface area contributed by atoms with Gasteiger partial charge >= 0.3 is 0 Å². The summed E-state index contributed by atoms with van der Waals surface area (Å²) in [6, 6.07) is 2.02. The van der Waals surface area contributed by atoms with Crippen molar-refractivity contribution in [2.75, 3.05) is 6.54 Å². The molecule has 1 aromatic carbocycles. The number of hydrogen-bond acceptors (Lipinski definition) is 1. The summed E-state index contributed by atoms with van der Waals surface area (Å²) in [5.74, 6) is -3.68. The Morgan fingerprint density at radius 1 is 1.13 bits per heavy atom. The molecule has 0 aliphatic rings. The summed E-state index contributed by atoms with van der Waals surface area (Å²) in [5, 5.41) is 3.02. The van der Waals surface area contributed by atoms with E-state index in [-0.39, 0.29) is 0 Å². The largest absolute Gasteiger partial charge is 0.313 e. The summed E-state index contributed by atoms with van der Waals surface area (Å²) in [6.45, 7) is 3.20. The third-order valence-corrected chi connectivity index (χ3v) is 2.08. The van der Waals surface area contributed by atoms with E-state index in [1.54, 1.807) is 0 Å². The van der Waals surface area contributed by atoms with E-state index < -0.39 is 17.5 Å². The molecule has 0 fully saturated rings. The molecule has 0 amide bonds. The lowest BCUT2D eigenvalue weighted by atomic mass is 10.2. The number of hydrogen-bond donors (Lipinski definition) is 1. The molecule has 1 N–H and O–H groups in total. The highest BCUT2D eigenvalue weighted by molar-refractivity contribution is 5.19. The minimum Gasteiger partial charge on any atom is -0.313 e. The van der Waals surface area contributed by atoms with Crippen molar-refractivity contribution >= 4 is 0 Å². The Kier molecular flexibility index (Phi) is 4.62. The molecule has 0 spiro atoms. The number of nitrogens with one attached hydrogen (secondary N) is 1. The van der Waals surface area contributed by atoms with E-state index in [0.717, 1.165) is 31.5 Å². The summed E-state index contributed by atoms with van der Waals surface area (Å²) in [5.41, 5.74) is 0.419. The van der Waals surface area contributed by atoms with E-state index >= 15 is 0 Å². The highest BCUT2D eigenvalue weighted by Crippen LogP contribution is 2.13. The first-order valence-electron chi connectivity index (χ1n) is 4.99. The van der Waals surface area contributed by atoms with E-state index in [1.807, 2.05) is 0 Å². The first kappa shape index (κ1) is 12.0. The smallest absolute Gasteiger partial charge is 0.194 e. The van der Waals surface area contributed by atoms with Crippen LogP contribution in [-0.2, 0) is 6.54 Å². The molecular formula is C11H14F3N. The molecule has 0 aliphatic carbocycles. The van der Waals surface area contributed by atoms with Gasteiger partial charge in [0.2, 0.25) is 0 Å². The third-order valence-electron chi connectivity index (χ3n) is 2.08. The van der Waals surface area contributed by atoms with Gasteiger partial charge < -0.3 is 5.32 Å². The zero-order valence-electron chi connectivity index (χ0n) is 8.62. The van der Waals surface area contributed by atoms with Crippen molar-refractivity contribution in [1.29, 1.82) is 0 Å². The van der Waals surface area contributed by atoms with Crippen molar-refractivity contribution in [3.63, 3.8) is 0 Å². The molecule has 0 radical (unpaired) electrons. The second-order valence-electron chi connectivity index (χ2n) is 3.40. The van der Waals surface area contributed by atoms with E-state index in [4.69, 9.17) is 0 Å². The molecule has 0 bridgehead atoms. The Labute approximate surface area is 87.3 Å². The summed E-state index contributed by atoms with van der Waals surface area (Å²) in [6.07, 6.45) is 2.06. The second-order valence-corrected chi connectivity index (χ2v) is 3.40. The van der Waals surface area contributed by atoms with Crippen LogP contribution >= 0.6 is 0 Å². The second kappa shape index (κ2) is 5.75. The fraction of sp³-hybridized carbons (Fsp3) is 0.455. The van der Waals surface area contributed by atoms with Crippen LogP contribution in [0.25, 0.3) is 0 Å². The molecule has 1 nitrogen and oxygen atoms in total. The van der Waals surface area contributed by atoms with E-state index in [1.165, 1.54) is 0 Å². The van der Waals surface area contributed by atoms with Gasteiger partial charge in [-0.3, -0.25) is 0 Å². The molecule has 0 heterocycles. The highest BCUT2D eigenvalue weighted by Gasteiger charge is 2.09. The molecule has 15 heavy (non-hydrogen) atoms. The van der Waals surface area contributed by atoms with Crippen molar-refractivity contribution in [1.82, 2.24) is 5.32 Å². The van der Waals surface area contributed by atoms with Crippen LogP contribution in [0, 0.1) is 17.5 Å². The molecule has 0 saturated carbocycles. The maximum Gasteiger partial charge on any atom is 0.194 e. The predicted octanol–water partition coefficient (Wildman–Crippen LogP) is 2.99. The third kappa shape index (κ3) is 3.55. The van der Waals surface area contributed by atoms with Gasteiger partial charge in [0.1, 0.15) is 0 Å². The Balaban J connectivity index is 2.55. The molecule has 1 aromatic rings. The normalized spacial score (nSPS) is 10.7. The van der Waals surface area contributed by atoms with E-state index in [9.17, 15) is 13.2 Å². The van der Waals surface area contributed by atoms with Gasteiger partial charge in [-0.2, -0.15) is 0 Å². The van der Waals surface area contributed by atoms with Gasteiger partial charge in [0.05, 0.1) is 0 Å². The number of benzene rings is 1. The maximum atomic E-state index is 12.8. The maximum absolute atomic E-state index is 12.8. The van der Waals surface area contributed by atoms with Crippen molar-refractivity contribution in [2.24, 2.45) is 0 Å². The fourth-order valence-electron chi connectivity index (χ4n) is 1.24. The van der Waals surface area contributed by atoms with Crippen LogP contribution in [0.4, 0.5) is 13.2 Å². The lowest BCUT2D eigenvalue weighted by molar-refractivity contribution is 0.444. The van der Waals surface area contributed by atoms with Crippen molar-refractivity contribution < 1.29 is 13.2 Å². The SMILES string of the molecule is CCCCNCc1cc(F)c(F)c(F)c1. The standard InChI is InChI=1S/C11H14F3N/c1-2-3-4-15-7-8-5-9(12)11(14)10(13)6-8/h5-6,15H,2-4,7H2,1H3. The molecule has 0 aromatic heterocycles. The first-order chi connectivity index (χ1) is 7.15. The average Bonchev–Trinajstić information content (AvgIpc) is 2.21. The molecule has 84 valence electrons. The Bertz CT molecular complexity index is 303. The summed E-state index contributed by atoms with van der Waals surface area (Å²) in [7, 11) is 0. The summed E-state index contributed by atoms with van der Waals surface area (Å²) < 4.78 is 38.1. The summed E-state index contributed by atoms with van der Waals surface area (Å²) >= 11 is 0. The minimum atomic E-state index is -1.41. The molecule has 0 unspecified atom stereocenters. The molecule has 0 atom stereocenters. The topological polar surface area (TPSA) is 12.0 Å². The van der Waals surface area contributed by atoms with Gasteiger partial charge in [0.25, 0.3) is 0 Å². The lowest BCUT2D eigenvalue weighted by Gasteiger charge is -2.05. The van der Waals surface area contributed by atoms with Crippen LogP contribution in [0.15, 0.2) is 12.1 Å². The van der Waals surface area contributed by atoms with E-state index in [2.05, 4.69) is 12.2 Å². The average molecular weight is 217 g/mol. The van der Waals surface area contributed by atoms with Crippen LogP contribution in [0.5, 0.6) is 0 Å². The fourth-order valence-corrected chi connectivity index (χ4v) is 1.24. The quantitative estimate of drug-likeness (QED) is 0.590. The van der Waals surface area contributed by atoms with Crippen LogP contribution in [-0.4, -0.2) is 6.54 Å². The molecule has 0 aliphatic heterocycles. The van der Waals surface area contributed by atoms with E-state index in [0.29, 0.717) is 12.1 Å². The van der Waals surface area contributed by atoms with Crippen molar-refractivity contribution in [3.8, 4) is 0 Å². The highest BCUT2D eigenvalue weighted by atomic mass is 19.2. The molecule has 1 rings (SSSR count). The van der Waals surface area contributed by atoms with Crippen molar-refractivity contribution in [3.05, 3.63) is 35.1 Å². The monoisotopic (exact) mass is 217 g/mol. The Hall–Kier alpha value is -1.03. The van der Waals surface area contributed by atoms with Crippen LogP contribution < -0.4 is 5.32 Å². The minimum absolute atomic E-state index is 0.355. The van der Waals surface area contributed by atoms with Gasteiger partial charge in [0.15, 0.2) is 17.5 Å². The number of unbranched alkanes of at least 4 members (excludes halogenated alkanes) is 1. The summed E-state index contributed by atoms with van der Waals surface area (Å²) in [4.78, 5) is 0.